The van der Waals surface area contributed by atoms with E-state index >= 15 is 0 Å². The summed E-state index contributed by atoms with van der Waals surface area (Å²) in [6, 6.07) is 14.2. The number of hydrogen-bond acceptors (Lipinski definition) is 3. The maximum atomic E-state index is 13.7. The van der Waals surface area contributed by atoms with Gasteiger partial charge in [-0.05, 0) is 30.7 Å². The third-order valence-corrected chi connectivity index (χ3v) is 4.49. The first-order chi connectivity index (χ1) is 12.0. The summed E-state index contributed by atoms with van der Waals surface area (Å²) in [4.78, 5) is 4.18. The van der Waals surface area contributed by atoms with E-state index in [1.165, 1.54) is 12.1 Å². The number of pyridine rings is 1. The lowest BCUT2D eigenvalue weighted by atomic mass is 10.1. The summed E-state index contributed by atoms with van der Waals surface area (Å²) in [5, 5.41) is 0.260. The largest absolute Gasteiger partial charge is 0.482 e. The highest BCUT2D eigenvalue weighted by Gasteiger charge is 2.20. The molecule has 3 rings (SSSR count). The molecule has 128 valence electrons. The number of nitrogens with zero attached hydrogens (tertiary/aromatic N) is 1. The lowest BCUT2D eigenvalue weighted by Gasteiger charge is -2.19. The summed E-state index contributed by atoms with van der Waals surface area (Å²) in [7, 11) is 0. The van der Waals surface area contributed by atoms with E-state index in [2.05, 4.69) is 4.98 Å². The summed E-state index contributed by atoms with van der Waals surface area (Å²) in [5.74, 6) is 0.0566. The van der Waals surface area contributed by atoms with Crippen LogP contribution in [0.3, 0.4) is 0 Å². The fourth-order valence-electron chi connectivity index (χ4n) is 2.50. The normalized spacial score (nSPS) is 12.0. The fourth-order valence-corrected chi connectivity index (χ4v) is 3.18. The molecule has 0 saturated heterocycles. The Morgan fingerprint density at radius 3 is 2.52 bits per heavy atom. The first-order valence-electron chi connectivity index (χ1n) is 7.58. The molecule has 0 saturated carbocycles. The highest BCUT2D eigenvalue weighted by atomic mass is 35.5. The van der Waals surface area contributed by atoms with Gasteiger partial charge in [0.25, 0.3) is 0 Å². The second kappa shape index (κ2) is 7.30. The molecule has 0 amide bonds. The van der Waals surface area contributed by atoms with E-state index in [1.54, 1.807) is 19.2 Å². The van der Waals surface area contributed by atoms with Crippen molar-refractivity contribution in [3.05, 3.63) is 76.2 Å². The van der Waals surface area contributed by atoms with Crippen molar-refractivity contribution < 1.29 is 9.13 Å². The number of rotatable bonds is 4. The minimum absolute atomic E-state index is 0.0641. The molecule has 2 aromatic carbocycles. The van der Waals surface area contributed by atoms with Crippen molar-refractivity contribution in [3.63, 3.8) is 0 Å². The van der Waals surface area contributed by atoms with Crippen molar-refractivity contribution in [2.75, 3.05) is 5.73 Å². The van der Waals surface area contributed by atoms with Crippen LogP contribution in [0.25, 0.3) is 11.1 Å². The number of hydrogen-bond donors (Lipinski definition) is 1. The second-order valence-electron chi connectivity index (χ2n) is 5.49. The van der Waals surface area contributed by atoms with Crippen LogP contribution in [-0.2, 0) is 0 Å². The first-order valence-corrected chi connectivity index (χ1v) is 8.34. The summed E-state index contributed by atoms with van der Waals surface area (Å²) in [6.07, 6.45) is 1.07. The molecule has 0 unspecified atom stereocenters. The maximum absolute atomic E-state index is 13.7. The van der Waals surface area contributed by atoms with Crippen LogP contribution in [0.2, 0.25) is 10.0 Å². The average molecular weight is 377 g/mol. The SMILES string of the molecule is C[C@@H](Oc1cc(-c2ccccc2)cnc1N)c1c(Cl)ccc(F)c1Cl. The molecule has 3 nitrogen and oxygen atoms in total. The van der Waals surface area contributed by atoms with Crippen LogP contribution in [0.4, 0.5) is 10.2 Å². The Morgan fingerprint density at radius 1 is 1.08 bits per heavy atom. The Labute approximate surface area is 155 Å². The molecular weight excluding hydrogens is 362 g/mol. The Morgan fingerprint density at radius 2 is 1.80 bits per heavy atom. The van der Waals surface area contributed by atoms with Gasteiger partial charge in [0.05, 0.1) is 5.02 Å². The topological polar surface area (TPSA) is 48.1 Å². The van der Waals surface area contributed by atoms with Crippen molar-refractivity contribution in [3.8, 4) is 16.9 Å². The summed E-state index contributed by atoms with van der Waals surface area (Å²) in [5.41, 5.74) is 8.13. The van der Waals surface area contributed by atoms with Gasteiger partial charge in [-0.3, -0.25) is 0 Å². The van der Waals surface area contributed by atoms with E-state index < -0.39 is 11.9 Å². The lowest BCUT2D eigenvalue weighted by molar-refractivity contribution is 0.227. The average Bonchev–Trinajstić information content (AvgIpc) is 2.61. The van der Waals surface area contributed by atoms with Gasteiger partial charge in [0, 0.05) is 22.3 Å². The molecule has 0 spiro atoms. The molecule has 0 aliphatic heterocycles. The Balaban J connectivity index is 1.94. The lowest BCUT2D eigenvalue weighted by Crippen LogP contribution is -2.08. The van der Waals surface area contributed by atoms with Gasteiger partial charge in [0.2, 0.25) is 0 Å². The predicted molar refractivity (Wildman–Crippen MR) is 99.5 cm³/mol. The molecule has 0 aliphatic carbocycles. The number of anilines is 1. The Hall–Kier alpha value is -2.30. The number of nitrogen functional groups attached to an aromatic ring is 1. The molecule has 1 aromatic heterocycles. The van der Waals surface area contributed by atoms with Gasteiger partial charge >= 0.3 is 0 Å². The molecule has 3 aromatic rings. The van der Waals surface area contributed by atoms with Crippen LogP contribution in [0.5, 0.6) is 5.75 Å². The summed E-state index contributed by atoms with van der Waals surface area (Å²) < 4.78 is 19.6. The highest BCUT2D eigenvalue weighted by molar-refractivity contribution is 6.36. The molecular formula is C19H15Cl2FN2O. The molecule has 0 aliphatic rings. The molecule has 1 heterocycles. The maximum Gasteiger partial charge on any atom is 0.166 e. The molecule has 1 atom stereocenters. The van der Waals surface area contributed by atoms with Crippen LogP contribution < -0.4 is 10.5 Å². The standard InChI is InChI=1S/C19H15Cl2FN2O/c1-11(17-14(20)7-8-15(22)18(17)21)25-16-9-13(10-24-19(16)23)12-5-3-2-4-6-12/h2-11H,1H3,(H2,23,24)/t11-/m1/s1. The van der Waals surface area contributed by atoms with Gasteiger partial charge in [0.15, 0.2) is 11.6 Å². The Kier molecular flexibility index (Phi) is 5.11. The van der Waals surface area contributed by atoms with E-state index in [9.17, 15) is 4.39 Å². The van der Waals surface area contributed by atoms with Gasteiger partial charge in [0.1, 0.15) is 11.9 Å². The highest BCUT2D eigenvalue weighted by Crippen LogP contribution is 2.36. The van der Waals surface area contributed by atoms with Crippen molar-refractivity contribution in [2.45, 2.75) is 13.0 Å². The fraction of sp³-hybridized carbons (Fsp3) is 0.105. The quantitative estimate of drug-likeness (QED) is 0.575. The van der Waals surface area contributed by atoms with Gasteiger partial charge in [-0.2, -0.15) is 0 Å². The smallest absolute Gasteiger partial charge is 0.166 e. The molecule has 25 heavy (non-hydrogen) atoms. The van der Waals surface area contributed by atoms with E-state index in [0.717, 1.165) is 11.1 Å². The zero-order chi connectivity index (χ0) is 18.0. The first kappa shape index (κ1) is 17.5. The van der Waals surface area contributed by atoms with Crippen LogP contribution in [0.15, 0.2) is 54.7 Å². The van der Waals surface area contributed by atoms with E-state index in [-0.39, 0.29) is 10.8 Å². The van der Waals surface area contributed by atoms with Crippen LogP contribution >= 0.6 is 23.2 Å². The van der Waals surface area contributed by atoms with Crippen molar-refractivity contribution in [1.82, 2.24) is 4.98 Å². The second-order valence-corrected chi connectivity index (χ2v) is 6.28. The summed E-state index contributed by atoms with van der Waals surface area (Å²) in [6.45, 7) is 1.72. The minimum atomic E-state index is -0.606. The number of halogens is 3. The van der Waals surface area contributed by atoms with E-state index in [4.69, 9.17) is 33.7 Å². The van der Waals surface area contributed by atoms with Crippen LogP contribution in [0, 0.1) is 5.82 Å². The number of benzene rings is 2. The number of nitrogens with two attached hydrogens (primary N) is 1. The Bertz CT molecular complexity index is 903. The van der Waals surface area contributed by atoms with Crippen LogP contribution in [-0.4, -0.2) is 4.98 Å². The van der Waals surface area contributed by atoms with E-state index in [0.29, 0.717) is 16.3 Å². The zero-order valence-corrected chi connectivity index (χ0v) is 14.9. The number of aromatic nitrogens is 1. The van der Waals surface area contributed by atoms with Crippen molar-refractivity contribution in [1.29, 1.82) is 0 Å². The summed E-state index contributed by atoms with van der Waals surface area (Å²) >= 11 is 12.2. The zero-order valence-electron chi connectivity index (χ0n) is 13.3. The molecule has 0 fully saturated rings. The van der Waals surface area contributed by atoms with Crippen molar-refractivity contribution >= 4 is 29.0 Å². The monoisotopic (exact) mass is 376 g/mol. The van der Waals surface area contributed by atoms with Crippen molar-refractivity contribution in [2.24, 2.45) is 0 Å². The molecule has 0 bridgehead atoms. The molecule has 6 heteroatoms. The molecule has 2 N–H and O–H groups in total. The third-order valence-electron chi connectivity index (χ3n) is 3.78. The third kappa shape index (κ3) is 3.70. The van der Waals surface area contributed by atoms with Gasteiger partial charge in [-0.1, -0.05) is 53.5 Å². The number of ether oxygens (including phenoxy) is 1. The minimum Gasteiger partial charge on any atom is -0.482 e. The van der Waals surface area contributed by atoms with Gasteiger partial charge < -0.3 is 10.5 Å². The predicted octanol–water partition coefficient (Wildman–Crippen LogP) is 5.92. The van der Waals surface area contributed by atoms with Crippen LogP contribution in [0.1, 0.15) is 18.6 Å². The van der Waals surface area contributed by atoms with Gasteiger partial charge in [-0.15, -0.1) is 0 Å². The van der Waals surface area contributed by atoms with Gasteiger partial charge in [-0.25, -0.2) is 9.37 Å². The molecule has 0 radical (unpaired) electrons. The van der Waals surface area contributed by atoms with E-state index in [1.807, 2.05) is 30.3 Å².